The maximum atomic E-state index is 13.6. The van der Waals surface area contributed by atoms with Gasteiger partial charge in [0.05, 0.1) is 30.9 Å². The van der Waals surface area contributed by atoms with Crippen molar-refractivity contribution in [1.29, 1.82) is 0 Å². The molecule has 2 saturated heterocycles. The molecule has 0 amide bonds. The van der Waals surface area contributed by atoms with E-state index in [1.165, 1.54) is 8.99 Å². The molecule has 0 saturated carbocycles. The summed E-state index contributed by atoms with van der Waals surface area (Å²) in [5, 5.41) is 4.90. The molecule has 37 heavy (non-hydrogen) atoms. The van der Waals surface area contributed by atoms with Crippen LogP contribution >= 0.6 is 11.6 Å². The summed E-state index contributed by atoms with van der Waals surface area (Å²) in [5.74, 6) is 0.172. The lowest BCUT2D eigenvalue weighted by molar-refractivity contribution is 0.0249. The summed E-state index contributed by atoms with van der Waals surface area (Å²) < 4.78 is 40.5. The average molecular weight is 545 g/mol. The van der Waals surface area contributed by atoms with E-state index in [9.17, 15) is 13.2 Å². The number of piperazine rings is 1. The molecule has 3 aromatic rings. The third kappa shape index (κ3) is 5.98. The Morgan fingerprint density at radius 1 is 1.00 bits per heavy atom. The number of aromatic nitrogens is 2. The highest BCUT2D eigenvalue weighted by Crippen LogP contribution is 2.29. The molecule has 1 aromatic heterocycles. The molecule has 0 unspecified atom stereocenters. The maximum absolute atomic E-state index is 13.6. The fraction of sp³-hybridized carbons (Fsp3) is 0.385. The summed E-state index contributed by atoms with van der Waals surface area (Å²) >= 11 is 6.15. The number of ether oxygens (including phenoxy) is 2. The zero-order chi connectivity index (χ0) is 25.8. The zero-order valence-corrected chi connectivity index (χ0v) is 21.9. The summed E-state index contributed by atoms with van der Waals surface area (Å²) in [6.45, 7) is 2.60. The van der Waals surface area contributed by atoms with Gasteiger partial charge in [-0.25, -0.2) is 8.42 Å². The molecular formula is C26H29ClN4O5S. The molecule has 0 spiro atoms. The Morgan fingerprint density at radius 2 is 1.73 bits per heavy atom. The first-order valence-corrected chi connectivity index (χ1v) is 14.3. The van der Waals surface area contributed by atoms with Gasteiger partial charge in [0.1, 0.15) is 11.8 Å². The lowest BCUT2D eigenvalue weighted by Crippen LogP contribution is -2.49. The lowest BCUT2D eigenvalue weighted by atomic mass is 10.1. The predicted octanol–water partition coefficient (Wildman–Crippen LogP) is 3.10. The van der Waals surface area contributed by atoms with E-state index in [2.05, 4.69) is 5.10 Å². The molecule has 0 atom stereocenters. The van der Waals surface area contributed by atoms with Crippen molar-refractivity contribution in [1.82, 2.24) is 14.1 Å². The molecule has 11 heteroatoms. The number of halogens is 1. The Morgan fingerprint density at radius 3 is 2.43 bits per heavy atom. The van der Waals surface area contributed by atoms with Gasteiger partial charge in [-0.15, -0.1) is 0 Å². The maximum Gasteiger partial charge on any atom is 0.316 e. The minimum atomic E-state index is -3.46. The zero-order valence-electron chi connectivity index (χ0n) is 20.3. The highest BCUT2D eigenvalue weighted by molar-refractivity contribution is 7.88. The van der Waals surface area contributed by atoms with Gasteiger partial charge in [0.2, 0.25) is 15.8 Å². The van der Waals surface area contributed by atoms with Crippen LogP contribution in [0.2, 0.25) is 5.02 Å². The van der Waals surface area contributed by atoms with Crippen LogP contribution in [0.15, 0.2) is 65.6 Å². The number of rotatable bonds is 7. The van der Waals surface area contributed by atoms with Gasteiger partial charge < -0.3 is 14.4 Å². The molecule has 2 aliphatic heterocycles. The fourth-order valence-electron chi connectivity index (χ4n) is 4.60. The largest absolute Gasteiger partial charge is 0.483 e. The molecule has 2 fully saturated rings. The first-order chi connectivity index (χ1) is 17.9. The second-order valence-electron chi connectivity index (χ2n) is 9.11. The Hall–Kier alpha value is -2.92. The van der Waals surface area contributed by atoms with Gasteiger partial charge in [-0.05, 0) is 23.8 Å². The van der Waals surface area contributed by atoms with Crippen molar-refractivity contribution in [3.63, 3.8) is 0 Å². The highest BCUT2D eigenvalue weighted by Gasteiger charge is 2.30. The number of benzene rings is 2. The molecule has 2 aromatic carbocycles. The van der Waals surface area contributed by atoms with Gasteiger partial charge in [0, 0.05) is 44.0 Å². The number of nitrogens with zero attached hydrogens (tertiary/aromatic N) is 4. The van der Waals surface area contributed by atoms with Crippen LogP contribution in [0.3, 0.4) is 0 Å². The highest BCUT2D eigenvalue weighted by atomic mass is 35.5. The number of sulfonamides is 1. The van der Waals surface area contributed by atoms with Crippen LogP contribution in [-0.2, 0) is 20.5 Å². The molecule has 2 aliphatic rings. The lowest BCUT2D eigenvalue weighted by Gasteiger charge is -2.36. The van der Waals surface area contributed by atoms with Crippen LogP contribution in [0, 0.1) is 0 Å². The topological polar surface area (TPSA) is 94.0 Å². The van der Waals surface area contributed by atoms with Crippen molar-refractivity contribution in [3.05, 3.63) is 81.7 Å². The van der Waals surface area contributed by atoms with E-state index in [0.717, 1.165) is 5.56 Å². The minimum absolute atomic E-state index is 0.0385. The Labute approximate surface area is 221 Å². The molecule has 196 valence electrons. The molecule has 0 radical (unpaired) electrons. The van der Waals surface area contributed by atoms with E-state index in [4.69, 9.17) is 21.1 Å². The molecule has 0 N–H and O–H groups in total. The average Bonchev–Trinajstić information content (AvgIpc) is 2.91. The van der Waals surface area contributed by atoms with E-state index < -0.39 is 10.0 Å². The quantitative estimate of drug-likeness (QED) is 0.451. The third-order valence-electron chi connectivity index (χ3n) is 6.58. The first-order valence-electron chi connectivity index (χ1n) is 12.3. The molecule has 0 aliphatic carbocycles. The summed E-state index contributed by atoms with van der Waals surface area (Å²) in [5.41, 5.74) is 1.48. The number of anilines is 1. The van der Waals surface area contributed by atoms with Gasteiger partial charge in [0.15, 0.2) is 0 Å². The normalized spacial score (nSPS) is 17.6. The van der Waals surface area contributed by atoms with Gasteiger partial charge in [-0.2, -0.15) is 14.1 Å². The molecule has 5 rings (SSSR count). The van der Waals surface area contributed by atoms with Crippen molar-refractivity contribution in [3.8, 4) is 11.4 Å². The second-order valence-corrected chi connectivity index (χ2v) is 11.5. The van der Waals surface area contributed by atoms with Gasteiger partial charge in [-0.1, -0.05) is 48.0 Å². The van der Waals surface area contributed by atoms with Crippen LogP contribution in [0.4, 0.5) is 5.69 Å². The van der Waals surface area contributed by atoms with E-state index in [-0.39, 0.29) is 23.2 Å². The molecular weight excluding hydrogens is 516 g/mol. The van der Waals surface area contributed by atoms with Crippen LogP contribution in [0.25, 0.3) is 5.69 Å². The van der Waals surface area contributed by atoms with E-state index >= 15 is 0 Å². The van der Waals surface area contributed by atoms with Crippen molar-refractivity contribution >= 4 is 27.3 Å². The van der Waals surface area contributed by atoms with Gasteiger partial charge >= 0.3 is 5.56 Å². The van der Waals surface area contributed by atoms with Crippen LogP contribution in [0.1, 0.15) is 18.4 Å². The van der Waals surface area contributed by atoms with Crippen LogP contribution in [0.5, 0.6) is 5.75 Å². The van der Waals surface area contributed by atoms with Crippen molar-refractivity contribution < 1.29 is 17.9 Å². The predicted molar refractivity (Wildman–Crippen MR) is 142 cm³/mol. The van der Waals surface area contributed by atoms with Crippen molar-refractivity contribution in [2.75, 3.05) is 44.3 Å². The van der Waals surface area contributed by atoms with E-state index in [0.29, 0.717) is 68.6 Å². The molecule has 9 nitrogen and oxygen atoms in total. The monoisotopic (exact) mass is 544 g/mol. The van der Waals surface area contributed by atoms with Gasteiger partial charge in [-0.3, -0.25) is 4.79 Å². The SMILES string of the molecule is O=c1c(OC2CCOCC2)c(N2CCN(S(=O)(=O)Cc3ccccc3)CC2)cnn1-c1cccc(Cl)c1. The van der Waals surface area contributed by atoms with E-state index in [1.54, 1.807) is 30.5 Å². The van der Waals surface area contributed by atoms with Crippen molar-refractivity contribution in [2.24, 2.45) is 0 Å². The summed E-state index contributed by atoms with van der Waals surface area (Å²) in [4.78, 5) is 15.6. The Kier molecular flexibility index (Phi) is 7.80. The standard InChI is InChI=1S/C26H29ClN4O5S/c27-21-7-4-8-22(17-21)31-26(32)25(36-23-9-15-35-16-10-23)24(18-28-31)29-11-13-30(14-12-29)37(33,34)19-20-5-2-1-3-6-20/h1-8,17-18,23H,9-16,19H2. The van der Waals surface area contributed by atoms with Crippen LogP contribution in [-0.4, -0.2) is 68.0 Å². The molecule has 0 bridgehead atoms. The first kappa shape index (κ1) is 25.7. The molecule has 3 heterocycles. The van der Waals surface area contributed by atoms with E-state index in [1.807, 2.05) is 35.2 Å². The number of hydrogen-bond acceptors (Lipinski definition) is 7. The van der Waals surface area contributed by atoms with Crippen molar-refractivity contribution in [2.45, 2.75) is 24.7 Å². The Bertz CT molecular complexity index is 1390. The smallest absolute Gasteiger partial charge is 0.316 e. The Balaban J connectivity index is 1.39. The summed E-state index contributed by atoms with van der Waals surface area (Å²) in [6, 6.07) is 16.1. The van der Waals surface area contributed by atoms with Crippen LogP contribution < -0.4 is 15.2 Å². The summed E-state index contributed by atoms with van der Waals surface area (Å²) in [6.07, 6.45) is 2.83. The summed E-state index contributed by atoms with van der Waals surface area (Å²) in [7, 11) is -3.46. The fourth-order valence-corrected chi connectivity index (χ4v) is 6.30. The number of hydrogen-bond donors (Lipinski definition) is 0. The second kappa shape index (κ2) is 11.2. The minimum Gasteiger partial charge on any atom is -0.483 e. The third-order valence-corrected chi connectivity index (χ3v) is 8.67. The van der Waals surface area contributed by atoms with Gasteiger partial charge in [0.25, 0.3) is 0 Å².